The first kappa shape index (κ1) is 13.8. The molecule has 0 saturated carbocycles. The lowest BCUT2D eigenvalue weighted by atomic mass is 10.1. The highest BCUT2D eigenvalue weighted by Gasteiger charge is 2.20. The molecule has 1 amide bonds. The van der Waals surface area contributed by atoms with E-state index in [4.69, 9.17) is 11.5 Å². The molecule has 0 bridgehead atoms. The van der Waals surface area contributed by atoms with Gasteiger partial charge in [-0.05, 0) is 18.1 Å². The highest BCUT2D eigenvalue weighted by atomic mass is 16.1. The van der Waals surface area contributed by atoms with Crippen LogP contribution < -0.4 is 11.5 Å². The van der Waals surface area contributed by atoms with Crippen LogP contribution in [0.3, 0.4) is 0 Å². The predicted octanol–water partition coefficient (Wildman–Crippen LogP) is 1.41. The summed E-state index contributed by atoms with van der Waals surface area (Å²) in [4.78, 5) is 15.6. The molecule has 0 aliphatic carbocycles. The van der Waals surface area contributed by atoms with E-state index in [-0.39, 0.29) is 11.9 Å². The molecular weight excluding hydrogens is 254 g/mol. The van der Waals surface area contributed by atoms with Gasteiger partial charge in [-0.3, -0.25) is 4.79 Å². The van der Waals surface area contributed by atoms with Crippen molar-refractivity contribution < 1.29 is 4.79 Å². The van der Waals surface area contributed by atoms with Crippen LogP contribution in [0.25, 0.3) is 5.69 Å². The van der Waals surface area contributed by atoms with Gasteiger partial charge in [-0.15, -0.1) is 0 Å². The van der Waals surface area contributed by atoms with Crippen molar-refractivity contribution in [3.8, 4) is 5.69 Å². The van der Waals surface area contributed by atoms with Crippen molar-refractivity contribution >= 4 is 11.9 Å². The molecule has 0 aliphatic rings. The molecule has 0 unspecified atom stereocenters. The summed E-state index contributed by atoms with van der Waals surface area (Å²) in [7, 11) is 0. The Morgan fingerprint density at radius 2 is 1.90 bits per heavy atom. The van der Waals surface area contributed by atoms with Gasteiger partial charge >= 0.3 is 0 Å². The lowest BCUT2D eigenvalue weighted by Gasteiger charge is -2.11. The maximum Gasteiger partial charge on any atom is 0.283 e. The molecular formula is C14H17N5O. The largest absolute Gasteiger partial charge is 0.370 e. The van der Waals surface area contributed by atoms with Crippen molar-refractivity contribution in [3.63, 3.8) is 0 Å². The van der Waals surface area contributed by atoms with E-state index < -0.39 is 5.91 Å². The molecule has 2 rings (SSSR count). The van der Waals surface area contributed by atoms with Crippen LogP contribution in [0.15, 0.2) is 41.5 Å². The van der Waals surface area contributed by atoms with Gasteiger partial charge in [0.15, 0.2) is 5.96 Å². The van der Waals surface area contributed by atoms with Gasteiger partial charge < -0.3 is 11.5 Å². The highest BCUT2D eigenvalue weighted by Crippen LogP contribution is 2.23. The number of aliphatic imine (C=N–C) groups is 1. The smallest absolute Gasteiger partial charge is 0.283 e. The number of benzene rings is 1. The molecule has 0 spiro atoms. The van der Waals surface area contributed by atoms with Crippen LogP contribution in [0, 0.1) is 0 Å². The lowest BCUT2D eigenvalue weighted by Crippen LogP contribution is -2.24. The van der Waals surface area contributed by atoms with E-state index in [0.29, 0.717) is 5.56 Å². The second-order valence-corrected chi connectivity index (χ2v) is 4.69. The second kappa shape index (κ2) is 5.56. The molecule has 1 heterocycles. The van der Waals surface area contributed by atoms with Crippen LogP contribution in [0.4, 0.5) is 0 Å². The van der Waals surface area contributed by atoms with Crippen LogP contribution in [0.5, 0.6) is 0 Å². The first-order chi connectivity index (χ1) is 9.50. The summed E-state index contributed by atoms with van der Waals surface area (Å²) in [6, 6.07) is 9.60. The molecule has 0 fully saturated rings. The zero-order chi connectivity index (χ0) is 14.7. The van der Waals surface area contributed by atoms with Gasteiger partial charge in [-0.25, -0.2) is 4.68 Å². The molecule has 0 radical (unpaired) electrons. The zero-order valence-electron chi connectivity index (χ0n) is 11.4. The fraction of sp³-hybridized carbons (Fsp3) is 0.214. The third-order valence-electron chi connectivity index (χ3n) is 2.82. The number of aromatic nitrogens is 2. The average molecular weight is 271 g/mol. The maximum absolute atomic E-state index is 12.0. The summed E-state index contributed by atoms with van der Waals surface area (Å²) in [5, 5.41) is 4.28. The Kier molecular flexibility index (Phi) is 3.84. The molecule has 1 aromatic heterocycles. The van der Waals surface area contributed by atoms with Crippen LogP contribution in [0.1, 0.15) is 35.8 Å². The second-order valence-electron chi connectivity index (χ2n) is 4.69. The van der Waals surface area contributed by atoms with E-state index in [1.54, 1.807) is 4.68 Å². The van der Waals surface area contributed by atoms with Crippen LogP contribution in [0.2, 0.25) is 0 Å². The number of carbonyl (C=O) groups excluding carboxylic acids is 1. The summed E-state index contributed by atoms with van der Waals surface area (Å²) in [5.41, 5.74) is 12.6. The fourth-order valence-electron chi connectivity index (χ4n) is 2.03. The van der Waals surface area contributed by atoms with E-state index in [1.807, 2.05) is 44.2 Å². The number of para-hydroxylation sites is 1. The van der Waals surface area contributed by atoms with Crippen molar-refractivity contribution in [2.45, 2.75) is 19.8 Å². The summed E-state index contributed by atoms with van der Waals surface area (Å²) >= 11 is 0. The van der Waals surface area contributed by atoms with E-state index in [0.717, 1.165) is 11.4 Å². The Labute approximate surface area is 117 Å². The SMILES string of the molecule is CC(C)c1c(C(=O)N=C(N)N)cnn1-c1ccccc1. The fourth-order valence-corrected chi connectivity index (χ4v) is 2.03. The number of nitrogens with zero attached hydrogens (tertiary/aromatic N) is 3. The summed E-state index contributed by atoms with van der Waals surface area (Å²) < 4.78 is 1.74. The number of rotatable bonds is 3. The van der Waals surface area contributed by atoms with Gasteiger partial charge in [-0.1, -0.05) is 32.0 Å². The number of amides is 1. The highest BCUT2D eigenvalue weighted by molar-refractivity contribution is 6.02. The van der Waals surface area contributed by atoms with E-state index in [9.17, 15) is 4.79 Å². The van der Waals surface area contributed by atoms with E-state index in [1.165, 1.54) is 6.20 Å². The molecule has 6 heteroatoms. The van der Waals surface area contributed by atoms with E-state index >= 15 is 0 Å². The van der Waals surface area contributed by atoms with Gasteiger partial charge in [0.2, 0.25) is 0 Å². The van der Waals surface area contributed by atoms with Gasteiger partial charge in [0.05, 0.1) is 23.1 Å². The van der Waals surface area contributed by atoms with Gasteiger partial charge in [0.25, 0.3) is 5.91 Å². The van der Waals surface area contributed by atoms with Crippen molar-refractivity contribution in [2.24, 2.45) is 16.5 Å². The van der Waals surface area contributed by atoms with Gasteiger partial charge in [-0.2, -0.15) is 10.1 Å². The maximum atomic E-state index is 12.0. The van der Waals surface area contributed by atoms with Crippen LogP contribution in [-0.4, -0.2) is 21.6 Å². The van der Waals surface area contributed by atoms with E-state index in [2.05, 4.69) is 10.1 Å². The number of hydrogen-bond acceptors (Lipinski definition) is 2. The molecule has 0 atom stereocenters. The first-order valence-electron chi connectivity index (χ1n) is 6.28. The molecule has 2 aromatic rings. The Hall–Kier alpha value is -2.63. The number of carbonyl (C=O) groups is 1. The average Bonchev–Trinajstić information content (AvgIpc) is 2.83. The van der Waals surface area contributed by atoms with Crippen molar-refractivity contribution in [3.05, 3.63) is 47.8 Å². The minimum absolute atomic E-state index is 0.103. The monoisotopic (exact) mass is 271 g/mol. The molecule has 6 nitrogen and oxygen atoms in total. The number of hydrogen-bond donors (Lipinski definition) is 2. The Balaban J connectivity index is 2.54. The molecule has 1 aromatic carbocycles. The normalized spacial score (nSPS) is 10.6. The van der Waals surface area contributed by atoms with Crippen molar-refractivity contribution in [1.82, 2.24) is 9.78 Å². The first-order valence-corrected chi connectivity index (χ1v) is 6.28. The van der Waals surface area contributed by atoms with Gasteiger partial charge in [0, 0.05) is 0 Å². The van der Waals surface area contributed by atoms with Crippen molar-refractivity contribution in [1.29, 1.82) is 0 Å². The number of guanidine groups is 1. The molecule has 0 aliphatic heterocycles. The van der Waals surface area contributed by atoms with Crippen LogP contribution in [-0.2, 0) is 0 Å². The Bertz CT molecular complexity index is 639. The minimum atomic E-state index is -0.476. The summed E-state index contributed by atoms with van der Waals surface area (Å²) in [6.45, 7) is 3.98. The molecule has 4 N–H and O–H groups in total. The Morgan fingerprint density at radius 1 is 1.25 bits per heavy atom. The standard InChI is InChI=1S/C14H17N5O/c1-9(2)12-11(13(20)18-14(15)16)8-17-19(12)10-6-4-3-5-7-10/h3-9H,1-2H3,(H4,15,16,18,20). The third-order valence-corrected chi connectivity index (χ3v) is 2.82. The minimum Gasteiger partial charge on any atom is -0.370 e. The third kappa shape index (κ3) is 2.69. The topological polar surface area (TPSA) is 99.3 Å². The van der Waals surface area contributed by atoms with Crippen LogP contribution >= 0.6 is 0 Å². The molecule has 104 valence electrons. The van der Waals surface area contributed by atoms with Gasteiger partial charge in [0.1, 0.15) is 0 Å². The predicted molar refractivity (Wildman–Crippen MR) is 77.8 cm³/mol. The summed E-state index contributed by atoms with van der Waals surface area (Å²) in [5.74, 6) is -0.626. The summed E-state index contributed by atoms with van der Waals surface area (Å²) in [6.07, 6.45) is 1.50. The zero-order valence-corrected chi connectivity index (χ0v) is 11.4. The molecule has 0 saturated heterocycles. The lowest BCUT2D eigenvalue weighted by molar-refractivity contribution is 0.100. The van der Waals surface area contributed by atoms with Crippen molar-refractivity contribution in [2.75, 3.05) is 0 Å². The number of nitrogens with two attached hydrogens (primary N) is 2. The Morgan fingerprint density at radius 3 is 2.45 bits per heavy atom. The molecule has 20 heavy (non-hydrogen) atoms. The quantitative estimate of drug-likeness (QED) is 0.651.